The topological polar surface area (TPSA) is 59.5 Å². The van der Waals surface area contributed by atoms with Crippen LogP contribution >= 0.6 is 0 Å². The summed E-state index contributed by atoms with van der Waals surface area (Å²) < 4.78 is 28.9. The van der Waals surface area contributed by atoms with Crippen LogP contribution in [0.2, 0.25) is 0 Å². The van der Waals surface area contributed by atoms with Crippen LogP contribution in [0, 0.1) is 0 Å². The molecule has 2 aromatic rings. The summed E-state index contributed by atoms with van der Waals surface area (Å²) in [6, 6.07) is 11.9. The van der Waals surface area contributed by atoms with Gasteiger partial charge in [0, 0.05) is 25.0 Å². The average Bonchev–Trinajstić information content (AvgIpc) is 2.95. The van der Waals surface area contributed by atoms with Crippen molar-refractivity contribution in [3.05, 3.63) is 59.9 Å². The Morgan fingerprint density at radius 1 is 1.12 bits per heavy atom. The van der Waals surface area contributed by atoms with Gasteiger partial charge in [0.1, 0.15) is 12.4 Å². The van der Waals surface area contributed by atoms with Crippen LogP contribution in [0.15, 0.2) is 48.8 Å². The number of ether oxygens (including phenoxy) is 1. The van der Waals surface area contributed by atoms with Crippen LogP contribution in [0.25, 0.3) is 0 Å². The molecule has 0 bridgehead atoms. The molecule has 0 unspecified atom stereocenters. The highest BCUT2D eigenvalue weighted by atomic mass is 32.2. The normalized spacial score (nSPS) is 19.5. The average molecular weight is 346 g/mol. The fourth-order valence-electron chi connectivity index (χ4n) is 2.88. The van der Waals surface area contributed by atoms with Crippen LogP contribution in [0.3, 0.4) is 0 Å². The standard InChI is InChI=1S/C18H22N2O3S/c1-20(17-8-11-24(21,22)14-17)12-15-2-4-18(5-3-15)23-13-16-6-9-19-10-7-16/h2-7,9-10,17H,8,11-14H2,1H3/t17-/m0/s1. The van der Waals surface area contributed by atoms with E-state index in [1.807, 2.05) is 43.4 Å². The van der Waals surface area contributed by atoms with Crippen molar-refractivity contribution < 1.29 is 13.2 Å². The zero-order valence-corrected chi connectivity index (χ0v) is 14.6. The van der Waals surface area contributed by atoms with Crippen LogP contribution in [0.5, 0.6) is 5.75 Å². The van der Waals surface area contributed by atoms with E-state index in [4.69, 9.17) is 4.74 Å². The van der Waals surface area contributed by atoms with Crippen LogP contribution < -0.4 is 4.74 Å². The second-order valence-electron chi connectivity index (χ2n) is 6.26. The molecule has 1 fully saturated rings. The Balaban J connectivity index is 1.53. The highest BCUT2D eigenvalue weighted by Gasteiger charge is 2.30. The summed E-state index contributed by atoms with van der Waals surface area (Å²) in [5.74, 6) is 1.40. The Morgan fingerprint density at radius 2 is 1.83 bits per heavy atom. The molecule has 0 radical (unpaired) electrons. The van der Waals surface area contributed by atoms with Gasteiger partial charge in [0.25, 0.3) is 0 Å². The zero-order valence-electron chi connectivity index (χ0n) is 13.8. The van der Waals surface area contributed by atoms with E-state index in [1.54, 1.807) is 12.4 Å². The maximum absolute atomic E-state index is 11.6. The van der Waals surface area contributed by atoms with Crippen LogP contribution in [0.1, 0.15) is 17.5 Å². The molecule has 1 atom stereocenters. The van der Waals surface area contributed by atoms with Crippen molar-refractivity contribution in [3.63, 3.8) is 0 Å². The number of sulfone groups is 1. The number of hydrogen-bond donors (Lipinski definition) is 0. The molecular formula is C18H22N2O3S. The van der Waals surface area contributed by atoms with Crippen molar-refractivity contribution in [1.29, 1.82) is 0 Å². The zero-order chi connectivity index (χ0) is 17.0. The molecule has 1 aliphatic rings. The lowest BCUT2D eigenvalue weighted by molar-refractivity contribution is 0.253. The van der Waals surface area contributed by atoms with Crippen molar-refractivity contribution in [2.75, 3.05) is 18.6 Å². The molecule has 1 aromatic carbocycles. The molecule has 128 valence electrons. The number of aromatic nitrogens is 1. The van der Waals surface area contributed by atoms with E-state index in [1.165, 1.54) is 0 Å². The largest absolute Gasteiger partial charge is 0.489 e. The van der Waals surface area contributed by atoms with Gasteiger partial charge in [-0.15, -0.1) is 0 Å². The minimum absolute atomic E-state index is 0.123. The maximum Gasteiger partial charge on any atom is 0.151 e. The van der Waals surface area contributed by atoms with Crippen molar-refractivity contribution in [1.82, 2.24) is 9.88 Å². The third kappa shape index (κ3) is 4.55. The van der Waals surface area contributed by atoms with Gasteiger partial charge in [-0.2, -0.15) is 0 Å². The first kappa shape index (κ1) is 16.9. The first-order chi connectivity index (χ1) is 11.5. The molecule has 2 heterocycles. The fourth-order valence-corrected chi connectivity index (χ4v) is 4.68. The molecule has 1 aromatic heterocycles. The van der Waals surface area contributed by atoms with Crippen molar-refractivity contribution >= 4 is 9.84 Å². The van der Waals surface area contributed by atoms with E-state index in [0.29, 0.717) is 12.4 Å². The van der Waals surface area contributed by atoms with E-state index in [2.05, 4.69) is 9.88 Å². The highest BCUT2D eigenvalue weighted by Crippen LogP contribution is 2.20. The van der Waals surface area contributed by atoms with Gasteiger partial charge in [-0.1, -0.05) is 12.1 Å². The van der Waals surface area contributed by atoms with Gasteiger partial charge in [-0.05, 0) is 48.9 Å². The first-order valence-electron chi connectivity index (χ1n) is 8.03. The van der Waals surface area contributed by atoms with Crippen LogP contribution in [-0.4, -0.2) is 42.9 Å². The predicted molar refractivity (Wildman–Crippen MR) is 93.5 cm³/mol. The van der Waals surface area contributed by atoms with Crippen LogP contribution in [-0.2, 0) is 23.0 Å². The van der Waals surface area contributed by atoms with Gasteiger partial charge in [0.2, 0.25) is 0 Å². The van der Waals surface area contributed by atoms with E-state index < -0.39 is 9.84 Å². The molecule has 3 rings (SSSR count). The molecule has 0 aliphatic carbocycles. The Hall–Kier alpha value is -1.92. The molecule has 1 saturated heterocycles. The quantitative estimate of drug-likeness (QED) is 0.803. The lowest BCUT2D eigenvalue weighted by atomic mass is 10.1. The second kappa shape index (κ2) is 7.32. The van der Waals surface area contributed by atoms with Gasteiger partial charge in [-0.25, -0.2) is 8.42 Å². The Kier molecular flexibility index (Phi) is 5.16. The van der Waals surface area contributed by atoms with E-state index in [9.17, 15) is 8.42 Å². The summed E-state index contributed by atoms with van der Waals surface area (Å²) in [4.78, 5) is 6.11. The smallest absolute Gasteiger partial charge is 0.151 e. The van der Waals surface area contributed by atoms with Gasteiger partial charge < -0.3 is 4.74 Å². The van der Waals surface area contributed by atoms with E-state index in [0.717, 1.165) is 29.8 Å². The number of nitrogens with zero attached hydrogens (tertiary/aromatic N) is 2. The SMILES string of the molecule is CN(Cc1ccc(OCc2ccncc2)cc1)[C@H]1CCS(=O)(=O)C1. The Bertz CT molecular complexity index is 761. The summed E-state index contributed by atoms with van der Waals surface area (Å²) in [6.07, 6.45) is 4.23. The van der Waals surface area contributed by atoms with Crippen molar-refractivity contribution in [2.45, 2.75) is 25.6 Å². The van der Waals surface area contributed by atoms with Crippen molar-refractivity contribution in [2.24, 2.45) is 0 Å². The first-order valence-corrected chi connectivity index (χ1v) is 9.85. The predicted octanol–water partition coefficient (Wildman–Crippen LogP) is 2.28. The number of benzene rings is 1. The highest BCUT2D eigenvalue weighted by molar-refractivity contribution is 7.91. The third-order valence-corrected chi connectivity index (χ3v) is 6.09. The Labute approximate surface area is 143 Å². The fraction of sp³-hybridized carbons (Fsp3) is 0.389. The summed E-state index contributed by atoms with van der Waals surface area (Å²) in [5, 5.41) is 0. The third-order valence-electron chi connectivity index (χ3n) is 4.34. The maximum atomic E-state index is 11.6. The minimum atomic E-state index is -2.84. The molecule has 0 N–H and O–H groups in total. The van der Waals surface area contributed by atoms with E-state index >= 15 is 0 Å². The molecular weight excluding hydrogens is 324 g/mol. The monoisotopic (exact) mass is 346 g/mol. The number of rotatable bonds is 6. The lowest BCUT2D eigenvalue weighted by Crippen LogP contribution is -2.32. The van der Waals surface area contributed by atoms with E-state index in [-0.39, 0.29) is 11.8 Å². The molecule has 0 saturated carbocycles. The summed E-state index contributed by atoms with van der Waals surface area (Å²) >= 11 is 0. The van der Waals surface area contributed by atoms with Gasteiger partial charge >= 0.3 is 0 Å². The molecule has 0 spiro atoms. The molecule has 1 aliphatic heterocycles. The lowest BCUT2D eigenvalue weighted by Gasteiger charge is -2.23. The van der Waals surface area contributed by atoms with Crippen molar-refractivity contribution in [3.8, 4) is 5.75 Å². The van der Waals surface area contributed by atoms with Gasteiger partial charge in [-0.3, -0.25) is 9.88 Å². The minimum Gasteiger partial charge on any atom is -0.489 e. The summed E-state index contributed by atoms with van der Waals surface area (Å²) in [6.45, 7) is 1.26. The van der Waals surface area contributed by atoms with Crippen LogP contribution in [0.4, 0.5) is 0 Å². The van der Waals surface area contributed by atoms with Gasteiger partial charge in [0.15, 0.2) is 9.84 Å². The molecule has 5 nitrogen and oxygen atoms in total. The molecule has 6 heteroatoms. The molecule has 0 amide bonds. The molecule has 24 heavy (non-hydrogen) atoms. The second-order valence-corrected chi connectivity index (χ2v) is 8.49. The Morgan fingerprint density at radius 3 is 2.46 bits per heavy atom. The van der Waals surface area contributed by atoms with Gasteiger partial charge in [0.05, 0.1) is 11.5 Å². The summed E-state index contributed by atoms with van der Waals surface area (Å²) in [7, 11) is -0.854. The number of pyridine rings is 1. The number of hydrogen-bond acceptors (Lipinski definition) is 5. The summed E-state index contributed by atoms with van der Waals surface area (Å²) in [5.41, 5.74) is 2.23.